The quantitative estimate of drug-likeness (QED) is 0.575. The maximum absolute atomic E-state index is 12.8. The summed E-state index contributed by atoms with van der Waals surface area (Å²) in [5.74, 6) is -1.95. The van der Waals surface area contributed by atoms with Crippen molar-refractivity contribution < 1.29 is 29.3 Å². The lowest BCUT2D eigenvalue weighted by molar-refractivity contribution is -0.182. The van der Waals surface area contributed by atoms with Crippen molar-refractivity contribution in [2.24, 2.45) is 0 Å². The fraction of sp³-hybridized carbons (Fsp3) is 0.375. The summed E-state index contributed by atoms with van der Waals surface area (Å²) < 4.78 is 5.53. The standard InChI is InChI=1S/C24H27N3O6/c1-26(2)11-20(21(28)27-13-24(32,14-27)22(29)30)25-23(31)33-12-19-17-9-5-3-7-15(17)16-8-4-6-10-18(16)19/h3-10,19-20,32H,11-14H2,1-2H3,(H,25,31)(H,29,30)/t20-/m0/s1. The van der Waals surface area contributed by atoms with Crippen molar-refractivity contribution in [2.45, 2.75) is 17.6 Å². The van der Waals surface area contributed by atoms with Crippen LogP contribution in [0, 0.1) is 0 Å². The molecule has 33 heavy (non-hydrogen) atoms. The molecular weight excluding hydrogens is 426 g/mol. The molecule has 4 rings (SSSR count). The van der Waals surface area contributed by atoms with E-state index in [-0.39, 0.29) is 32.2 Å². The number of hydrogen-bond donors (Lipinski definition) is 3. The molecule has 2 amide bonds. The number of β-amino-alcohol motifs (C(OH)–C–C–N with tert-alkyl or cyclic N) is 1. The van der Waals surface area contributed by atoms with Gasteiger partial charge in [0.15, 0.2) is 5.60 Å². The zero-order valence-electron chi connectivity index (χ0n) is 18.5. The Kier molecular flexibility index (Phi) is 6.09. The number of carbonyl (C=O) groups is 3. The van der Waals surface area contributed by atoms with E-state index in [2.05, 4.69) is 5.32 Å². The minimum absolute atomic E-state index is 0.105. The minimum atomic E-state index is -1.94. The number of aliphatic carboxylic acids is 1. The number of nitrogens with zero attached hydrogens (tertiary/aromatic N) is 2. The molecule has 0 saturated carbocycles. The molecule has 1 aliphatic carbocycles. The maximum atomic E-state index is 12.8. The number of likely N-dealkylation sites (tertiary alicyclic amines) is 1. The Bertz CT molecular complexity index is 1030. The lowest BCUT2D eigenvalue weighted by Gasteiger charge is -2.44. The van der Waals surface area contributed by atoms with Gasteiger partial charge in [-0.15, -0.1) is 0 Å². The van der Waals surface area contributed by atoms with E-state index in [1.54, 1.807) is 19.0 Å². The van der Waals surface area contributed by atoms with Crippen LogP contribution in [0.5, 0.6) is 0 Å². The van der Waals surface area contributed by atoms with Gasteiger partial charge in [-0.25, -0.2) is 9.59 Å². The van der Waals surface area contributed by atoms with Crippen LogP contribution in [0.1, 0.15) is 17.0 Å². The van der Waals surface area contributed by atoms with Gasteiger partial charge in [-0.2, -0.15) is 0 Å². The van der Waals surface area contributed by atoms with E-state index in [9.17, 15) is 19.5 Å². The van der Waals surface area contributed by atoms with Crippen LogP contribution in [0.4, 0.5) is 4.79 Å². The van der Waals surface area contributed by atoms with Gasteiger partial charge in [-0.1, -0.05) is 48.5 Å². The Hall–Kier alpha value is -3.43. The fourth-order valence-corrected chi connectivity index (χ4v) is 4.43. The number of amides is 2. The molecule has 174 valence electrons. The number of rotatable bonds is 7. The number of hydrogen-bond acceptors (Lipinski definition) is 6. The topological polar surface area (TPSA) is 119 Å². The highest BCUT2D eigenvalue weighted by Crippen LogP contribution is 2.44. The third-order valence-corrected chi connectivity index (χ3v) is 6.10. The predicted molar refractivity (Wildman–Crippen MR) is 120 cm³/mol. The highest BCUT2D eigenvalue weighted by molar-refractivity contribution is 5.90. The van der Waals surface area contributed by atoms with E-state index in [0.717, 1.165) is 22.3 Å². The van der Waals surface area contributed by atoms with Gasteiger partial charge >= 0.3 is 12.1 Å². The van der Waals surface area contributed by atoms with Gasteiger partial charge in [0.2, 0.25) is 5.91 Å². The molecule has 9 nitrogen and oxygen atoms in total. The Labute approximate surface area is 191 Å². The third kappa shape index (κ3) is 4.42. The highest BCUT2D eigenvalue weighted by Gasteiger charge is 2.51. The van der Waals surface area contributed by atoms with E-state index >= 15 is 0 Å². The van der Waals surface area contributed by atoms with E-state index in [1.807, 2.05) is 48.5 Å². The van der Waals surface area contributed by atoms with E-state index in [1.165, 1.54) is 4.90 Å². The van der Waals surface area contributed by atoms with E-state index in [0.29, 0.717) is 0 Å². The fourth-order valence-electron chi connectivity index (χ4n) is 4.43. The lowest BCUT2D eigenvalue weighted by atomic mass is 9.93. The molecule has 1 fully saturated rings. The van der Waals surface area contributed by atoms with Gasteiger partial charge < -0.3 is 30.1 Å². The van der Waals surface area contributed by atoms with Crippen LogP contribution < -0.4 is 5.32 Å². The average Bonchev–Trinajstić information content (AvgIpc) is 3.08. The second-order valence-electron chi connectivity index (χ2n) is 8.82. The van der Waals surface area contributed by atoms with Crippen LogP contribution >= 0.6 is 0 Å². The zero-order chi connectivity index (χ0) is 23.8. The van der Waals surface area contributed by atoms with Crippen molar-refractivity contribution >= 4 is 18.0 Å². The molecule has 1 heterocycles. The van der Waals surface area contributed by atoms with Crippen LogP contribution in [0.25, 0.3) is 11.1 Å². The molecule has 2 aliphatic rings. The molecule has 2 aromatic rings. The van der Waals surface area contributed by atoms with Gasteiger partial charge in [-0.05, 0) is 36.3 Å². The average molecular weight is 453 g/mol. The van der Waals surface area contributed by atoms with Crippen molar-refractivity contribution in [1.29, 1.82) is 0 Å². The molecule has 3 N–H and O–H groups in total. The number of alkyl carbamates (subject to hydrolysis) is 1. The zero-order valence-corrected chi connectivity index (χ0v) is 18.5. The molecule has 2 aromatic carbocycles. The number of ether oxygens (including phenoxy) is 1. The van der Waals surface area contributed by atoms with Gasteiger partial charge in [-0.3, -0.25) is 4.79 Å². The van der Waals surface area contributed by atoms with Gasteiger partial charge in [0.05, 0.1) is 13.1 Å². The van der Waals surface area contributed by atoms with Crippen LogP contribution in [0.15, 0.2) is 48.5 Å². The third-order valence-electron chi connectivity index (χ3n) is 6.10. The Balaban J connectivity index is 1.40. The van der Waals surface area contributed by atoms with Crippen LogP contribution in [0.3, 0.4) is 0 Å². The number of carboxylic acids is 1. The number of carboxylic acid groups (broad SMARTS) is 1. The van der Waals surface area contributed by atoms with Crippen molar-refractivity contribution in [2.75, 3.05) is 40.3 Å². The molecule has 0 unspecified atom stereocenters. The van der Waals surface area contributed by atoms with Crippen LogP contribution in [0.2, 0.25) is 0 Å². The summed E-state index contributed by atoms with van der Waals surface area (Å²) in [5, 5.41) is 21.6. The summed E-state index contributed by atoms with van der Waals surface area (Å²) in [7, 11) is 3.51. The molecule has 0 bridgehead atoms. The summed E-state index contributed by atoms with van der Waals surface area (Å²) in [5.41, 5.74) is 2.46. The van der Waals surface area contributed by atoms with Gasteiger partial charge in [0.1, 0.15) is 12.6 Å². The summed E-state index contributed by atoms with van der Waals surface area (Å²) in [6.07, 6.45) is -0.730. The minimum Gasteiger partial charge on any atom is -0.479 e. The first-order valence-corrected chi connectivity index (χ1v) is 10.7. The number of fused-ring (bicyclic) bond motifs is 3. The first-order valence-electron chi connectivity index (χ1n) is 10.7. The summed E-state index contributed by atoms with van der Waals surface area (Å²) in [4.78, 5) is 39.5. The van der Waals surface area contributed by atoms with Gasteiger partial charge in [0.25, 0.3) is 0 Å². The Morgan fingerprint density at radius 1 is 1.09 bits per heavy atom. The molecule has 9 heteroatoms. The maximum Gasteiger partial charge on any atom is 0.407 e. The molecular formula is C24H27N3O6. The number of nitrogens with one attached hydrogen (secondary N) is 1. The van der Waals surface area contributed by atoms with Crippen molar-refractivity contribution in [3.63, 3.8) is 0 Å². The van der Waals surface area contributed by atoms with Crippen molar-refractivity contribution in [1.82, 2.24) is 15.1 Å². The van der Waals surface area contributed by atoms with E-state index < -0.39 is 29.6 Å². The lowest BCUT2D eigenvalue weighted by Crippen LogP contribution is -2.70. The number of likely N-dealkylation sites (N-methyl/N-ethyl adjacent to an activating group) is 1. The van der Waals surface area contributed by atoms with Crippen molar-refractivity contribution in [3.8, 4) is 11.1 Å². The SMILES string of the molecule is CN(C)C[C@H](NC(=O)OCC1c2ccccc2-c2ccccc21)C(=O)N1CC(O)(C(=O)O)C1. The van der Waals surface area contributed by atoms with Gasteiger partial charge in [0, 0.05) is 12.5 Å². The predicted octanol–water partition coefficient (Wildman–Crippen LogP) is 1.11. The smallest absolute Gasteiger partial charge is 0.407 e. The first-order chi connectivity index (χ1) is 15.7. The molecule has 1 aliphatic heterocycles. The molecule has 1 saturated heterocycles. The van der Waals surface area contributed by atoms with Crippen molar-refractivity contribution in [3.05, 3.63) is 59.7 Å². The van der Waals surface area contributed by atoms with Crippen LogP contribution in [-0.2, 0) is 14.3 Å². The summed E-state index contributed by atoms with van der Waals surface area (Å²) in [6.45, 7) is -0.328. The second kappa shape index (κ2) is 8.84. The molecule has 1 atom stereocenters. The Morgan fingerprint density at radius 2 is 1.64 bits per heavy atom. The highest BCUT2D eigenvalue weighted by atomic mass is 16.5. The summed E-state index contributed by atoms with van der Waals surface area (Å²) in [6, 6.07) is 15.1. The number of benzene rings is 2. The second-order valence-corrected chi connectivity index (χ2v) is 8.82. The molecule has 0 aromatic heterocycles. The van der Waals surface area contributed by atoms with E-state index in [4.69, 9.17) is 9.84 Å². The molecule has 0 radical (unpaired) electrons. The number of aliphatic hydroxyl groups is 1. The number of carbonyl (C=O) groups excluding carboxylic acids is 2. The monoisotopic (exact) mass is 453 g/mol. The largest absolute Gasteiger partial charge is 0.479 e. The first kappa shape index (κ1) is 22.8. The normalized spacial score (nSPS) is 17.0. The van der Waals surface area contributed by atoms with Crippen LogP contribution in [-0.4, -0.2) is 90.0 Å². The molecule has 0 spiro atoms. The Morgan fingerprint density at radius 3 is 2.15 bits per heavy atom. The summed E-state index contributed by atoms with van der Waals surface area (Å²) >= 11 is 0.